The summed E-state index contributed by atoms with van der Waals surface area (Å²) in [4.78, 5) is 11.5. The van der Waals surface area contributed by atoms with Gasteiger partial charge < -0.3 is 9.47 Å². The molecule has 0 N–H and O–H groups in total. The molecular weight excluding hydrogens is 204 g/mol. The normalized spacial score (nSPS) is 11.8. The van der Waals surface area contributed by atoms with Gasteiger partial charge in [0.25, 0.3) is 0 Å². The van der Waals surface area contributed by atoms with Crippen LogP contribution in [0, 0.1) is 0 Å². The highest BCUT2D eigenvalue weighted by molar-refractivity contribution is 5.61. The highest BCUT2D eigenvalue weighted by Gasteiger charge is 2.27. The summed E-state index contributed by atoms with van der Waals surface area (Å²) in [6.45, 7) is 14.5. The van der Waals surface area contributed by atoms with Crippen LogP contribution < -0.4 is 0 Å². The largest absolute Gasteiger partial charge is 0.509 e. The van der Waals surface area contributed by atoms with Crippen LogP contribution in [0.3, 0.4) is 0 Å². The molecular formula is C13H22O3. The van der Waals surface area contributed by atoms with Gasteiger partial charge in [-0.15, -0.1) is 13.2 Å². The van der Waals surface area contributed by atoms with E-state index in [1.165, 1.54) is 0 Å². The molecule has 0 aromatic rings. The molecule has 0 aromatic carbocycles. The first-order valence-corrected chi connectivity index (χ1v) is 5.36. The summed E-state index contributed by atoms with van der Waals surface area (Å²) in [5.74, 6) is 0. The van der Waals surface area contributed by atoms with Gasteiger partial charge in [0.05, 0.1) is 0 Å². The van der Waals surface area contributed by atoms with Crippen LogP contribution in [0.5, 0.6) is 0 Å². The van der Waals surface area contributed by atoms with E-state index < -0.39 is 17.4 Å². The number of carbonyl (C=O) groups excluding carboxylic acids is 1. The van der Waals surface area contributed by atoms with E-state index in [0.29, 0.717) is 12.8 Å². The van der Waals surface area contributed by atoms with Gasteiger partial charge in [0, 0.05) is 12.8 Å². The minimum absolute atomic E-state index is 0.580. The van der Waals surface area contributed by atoms with E-state index in [1.807, 2.05) is 27.7 Å². The van der Waals surface area contributed by atoms with Crippen molar-refractivity contribution in [3.05, 3.63) is 25.3 Å². The minimum Gasteiger partial charge on any atom is -0.428 e. The van der Waals surface area contributed by atoms with Gasteiger partial charge in [0.15, 0.2) is 0 Å². The molecule has 0 bridgehead atoms. The second-order valence-electron chi connectivity index (χ2n) is 4.96. The van der Waals surface area contributed by atoms with Gasteiger partial charge in [-0.2, -0.15) is 0 Å². The molecule has 3 heteroatoms. The summed E-state index contributed by atoms with van der Waals surface area (Å²) in [7, 11) is 0. The van der Waals surface area contributed by atoms with Crippen molar-refractivity contribution in [2.24, 2.45) is 0 Å². The quantitative estimate of drug-likeness (QED) is 0.509. The predicted octanol–water partition coefficient (Wildman–Crippen LogP) is 3.85. The van der Waals surface area contributed by atoms with E-state index in [4.69, 9.17) is 9.47 Å². The molecule has 0 aliphatic heterocycles. The highest BCUT2D eigenvalue weighted by atomic mass is 16.7. The lowest BCUT2D eigenvalue weighted by molar-refractivity contribution is -0.0566. The molecule has 0 aromatic heterocycles. The van der Waals surface area contributed by atoms with Crippen LogP contribution in [0.15, 0.2) is 25.3 Å². The van der Waals surface area contributed by atoms with Gasteiger partial charge in [-0.05, 0) is 27.7 Å². The van der Waals surface area contributed by atoms with Crippen LogP contribution >= 0.6 is 0 Å². The zero-order chi connectivity index (χ0) is 12.8. The standard InChI is InChI=1S/C13H22O3/c1-7-9-12(3,4)15-11(14)16-13(5,6)10-8-2/h7-8H,1-2,9-10H2,3-6H3. The molecule has 0 aliphatic carbocycles. The van der Waals surface area contributed by atoms with Gasteiger partial charge in [-0.25, -0.2) is 4.79 Å². The van der Waals surface area contributed by atoms with Crippen LogP contribution in [-0.4, -0.2) is 17.4 Å². The fourth-order valence-corrected chi connectivity index (χ4v) is 1.25. The average molecular weight is 226 g/mol. The Morgan fingerprint density at radius 3 is 1.56 bits per heavy atom. The van der Waals surface area contributed by atoms with E-state index in [0.717, 1.165) is 0 Å². The summed E-state index contributed by atoms with van der Waals surface area (Å²) in [6, 6.07) is 0. The van der Waals surface area contributed by atoms with E-state index in [-0.39, 0.29) is 0 Å². The van der Waals surface area contributed by atoms with Gasteiger partial charge in [0.1, 0.15) is 11.2 Å². The number of ether oxygens (including phenoxy) is 2. The zero-order valence-corrected chi connectivity index (χ0v) is 10.7. The van der Waals surface area contributed by atoms with E-state index >= 15 is 0 Å². The van der Waals surface area contributed by atoms with Crippen molar-refractivity contribution in [1.82, 2.24) is 0 Å². The van der Waals surface area contributed by atoms with Crippen molar-refractivity contribution in [2.75, 3.05) is 0 Å². The first-order chi connectivity index (χ1) is 7.22. The van der Waals surface area contributed by atoms with Crippen LogP contribution in [0.2, 0.25) is 0 Å². The summed E-state index contributed by atoms with van der Waals surface area (Å²) >= 11 is 0. The Morgan fingerprint density at radius 2 is 1.31 bits per heavy atom. The lowest BCUT2D eigenvalue weighted by Gasteiger charge is -2.28. The topological polar surface area (TPSA) is 35.5 Å². The highest BCUT2D eigenvalue weighted by Crippen LogP contribution is 2.20. The van der Waals surface area contributed by atoms with E-state index in [9.17, 15) is 4.79 Å². The number of hydrogen-bond acceptors (Lipinski definition) is 3. The lowest BCUT2D eigenvalue weighted by atomic mass is 10.1. The Balaban J connectivity index is 4.27. The molecule has 3 nitrogen and oxygen atoms in total. The molecule has 0 saturated carbocycles. The van der Waals surface area contributed by atoms with Crippen molar-refractivity contribution in [3.8, 4) is 0 Å². The van der Waals surface area contributed by atoms with Crippen molar-refractivity contribution in [2.45, 2.75) is 51.7 Å². The molecule has 0 atom stereocenters. The molecule has 0 saturated heterocycles. The maximum absolute atomic E-state index is 11.5. The lowest BCUT2D eigenvalue weighted by Crippen LogP contribution is -2.33. The van der Waals surface area contributed by atoms with Crippen molar-refractivity contribution in [3.63, 3.8) is 0 Å². The second kappa shape index (κ2) is 5.73. The van der Waals surface area contributed by atoms with Gasteiger partial charge >= 0.3 is 6.16 Å². The summed E-state index contributed by atoms with van der Waals surface area (Å²) < 4.78 is 10.4. The Morgan fingerprint density at radius 1 is 1.00 bits per heavy atom. The summed E-state index contributed by atoms with van der Waals surface area (Å²) in [6.07, 6.45) is 3.94. The number of carbonyl (C=O) groups is 1. The monoisotopic (exact) mass is 226 g/mol. The van der Waals surface area contributed by atoms with Crippen molar-refractivity contribution >= 4 is 6.16 Å². The molecule has 0 spiro atoms. The minimum atomic E-state index is -0.654. The first kappa shape index (κ1) is 14.8. The maximum Gasteiger partial charge on any atom is 0.509 e. The third-order valence-electron chi connectivity index (χ3n) is 1.99. The molecule has 92 valence electrons. The van der Waals surface area contributed by atoms with Gasteiger partial charge in [-0.3, -0.25) is 0 Å². The van der Waals surface area contributed by atoms with E-state index in [1.54, 1.807) is 12.2 Å². The van der Waals surface area contributed by atoms with Crippen LogP contribution in [0.4, 0.5) is 4.79 Å². The summed E-state index contributed by atoms with van der Waals surface area (Å²) in [5, 5.41) is 0. The SMILES string of the molecule is C=CCC(C)(C)OC(=O)OC(C)(C)CC=C. The van der Waals surface area contributed by atoms with Crippen LogP contribution in [-0.2, 0) is 9.47 Å². The van der Waals surface area contributed by atoms with Crippen molar-refractivity contribution < 1.29 is 14.3 Å². The predicted molar refractivity (Wildman–Crippen MR) is 65.4 cm³/mol. The molecule has 0 fully saturated rings. The Kier molecular flexibility index (Phi) is 5.28. The third kappa shape index (κ3) is 6.27. The third-order valence-corrected chi connectivity index (χ3v) is 1.99. The number of hydrogen-bond donors (Lipinski definition) is 0. The first-order valence-electron chi connectivity index (χ1n) is 5.36. The fourth-order valence-electron chi connectivity index (χ4n) is 1.25. The molecule has 0 unspecified atom stereocenters. The fraction of sp³-hybridized carbons (Fsp3) is 0.615. The Hall–Kier alpha value is -1.25. The average Bonchev–Trinajstić information content (AvgIpc) is 1.99. The maximum atomic E-state index is 11.5. The van der Waals surface area contributed by atoms with Crippen molar-refractivity contribution in [1.29, 1.82) is 0 Å². The van der Waals surface area contributed by atoms with E-state index in [2.05, 4.69) is 13.2 Å². The molecule has 0 aliphatic rings. The summed E-state index contributed by atoms with van der Waals surface area (Å²) in [5.41, 5.74) is -1.16. The van der Waals surface area contributed by atoms with Crippen LogP contribution in [0.25, 0.3) is 0 Å². The molecule has 0 amide bonds. The Labute approximate surface area is 98.1 Å². The second-order valence-corrected chi connectivity index (χ2v) is 4.96. The molecule has 0 radical (unpaired) electrons. The molecule has 16 heavy (non-hydrogen) atoms. The zero-order valence-electron chi connectivity index (χ0n) is 10.7. The Bertz CT molecular complexity index is 238. The molecule has 0 rings (SSSR count). The van der Waals surface area contributed by atoms with Gasteiger partial charge in [-0.1, -0.05) is 12.2 Å². The smallest absolute Gasteiger partial charge is 0.428 e. The molecule has 0 heterocycles. The number of rotatable bonds is 6. The van der Waals surface area contributed by atoms with Crippen LogP contribution in [0.1, 0.15) is 40.5 Å². The van der Waals surface area contributed by atoms with Gasteiger partial charge in [0.2, 0.25) is 0 Å².